The molecule has 1 heterocycles. The first-order valence-corrected chi connectivity index (χ1v) is 8.09. The molecule has 0 atom stereocenters. The Labute approximate surface area is 137 Å². The lowest BCUT2D eigenvalue weighted by atomic mass is 9.93. The molecule has 112 valence electrons. The van der Waals surface area contributed by atoms with Gasteiger partial charge in [-0.25, -0.2) is 9.37 Å². The summed E-state index contributed by atoms with van der Waals surface area (Å²) in [6, 6.07) is 10.3. The third-order valence-corrected chi connectivity index (χ3v) is 4.58. The molecular weight excluding hydrogens is 319 g/mol. The zero-order valence-electron chi connectivity index (χ0n) is 11.7. The molecule has 0 spiro atoms. The van der Waals surface area contributed by atoms with Crippen LogP contribution in [-0.4, -0.2) is 4.98 Å². The Hall–Kier alpha value is -1.75. The predicted octanol–water partition coefficient (Wildman–Crippen LogP) is 4.65. The van der Waals surface area contributed by atoms with Gasteiger partial charge < -0.3 is 5.73 Å². The zero-order valence-corrected chi connectivity index (χ0v) is 13.3. The van der Waals surface area contributed by atoms with E-state index in [0.717, 1.165) is 27.3 Å². The van der Waals surface area contributed by atoms with Gasteiger partial charge >= 0.3 is 0 Å². The molecular formula is C17H14ClFN2S. The minimum absolute atomic E-state index is 0.291. The Balaban J connectivity index is 2.16. The smallest absolute Gasteiger partial charge is 0.123 e. The van der Waals surface area contributed by atoms with Crippen LogP contribution in [0.25, 0.3) is 11.1 Å². The summed E-state index contributed by atoms with van der Waals surface area (Å²) in [4.78, 5) is 4.30. The van der Waals surface area contributed by atoms with Gasteiger partial charge in [0.05, 0.1) is 5.01 Å². The number of hydrogen-bond acceptors (Lipinski definition) is 3. The van der Waals surface area contributed by atoms with Gasteiger partial charge in [-0.05, 0) is 34.9 Å². The molecule has 0 radical (unpaired) electrons. The van der Waals surface area contributed by atoms with Crippen molar-refractivity contribution in [2.75, 3.05) is 0 Å². The van der Waals surface area contributed by atoms with Crippen molar-refractivity contribution in [1.29, 1.82) is 0 Å². The van der Waals surface area contributed by atoms with E-state index in [1.807, 2.05) is 17.5 Å². The molecule has 2 N–H and O–H groups in total. The third-order valence-electron chi connectivity index (χ3n) is 3.49. The number of rotatable bonds is 4. The predicted molar refractivity (Wildman–Crippen MR) is 89.7 cm³/mol. The van der Waals surface area contributed by atoms with Gasteiger partial charge in [-0.3, -0.25) is 0 Å². The van der Waals surface area contributed by atoms with Crippen molar-refractivity contribution in [3.8, 4) is 11.1 Å². The summed E-state index contributed by atoms with van der Waals surface area (Å²) in [7, 11) is 0. The summed E-state index contributed by atoms with van der Waals surface area (Å²) >= 11 is 7.94. The Morgan fingerprint density at radius 3 is 2.77 bits per heavy atom. The molecule has 3 aromatic rings. The fourth-order valence-electron chi connectivity index (χ4n) is 2.48. The van der Waals surface area contributed by atoms with Crippen molar-refractivity contribution in [3.05, 3.63) is 74.9 Å². The van der Waals surface area contributed by atoms with Crippen molar-refractivity contribution in [2.45, 2.75) is 13.0 Å². The second-order valence-corrected chi connectivity index (χ2v) is 6.27. The molecule has 3 rings (SSSR count). The van der Waals surface area contributed by atoms with E-state index in [-0.39, 0.29) is 5.82 Å². The lowest BCUT2D eigenvalue weighted by Gasteiger charge is -2.14. The van der Waals surface area contributed by atoms with Gasteiger partial charge in [0.1, 0.15) is 5.82 Å². The Kier molecular flexibility index (Phi) is 4.52. The van der Waals surface area contributed by atoms with Crippen LogP contribution in [0.2, 0.25) is 5.02 Å². The zero-order chi connectivity index (χ0) is 15.5. The Morgan fingerprint density at radius 2 is 2.05 bits per heavy atom. The number of thiazole rings is 1. The summed E-state index contributed by atoms with van der Waals surface area (Å²) in [5.74, 6) is -0.291. The molecule has 2 aromatic carbocycles. The molecule has 0 aliphatic rings. The molecule has 0 unspecified atom stereocenters. The number of benzene rings is 2. The van der Waals surface area contributed by atoms with Crippen molar-refractivity contribution < 1.29 is 4.39 Å². The average molecular weight is 333 g/mol. The SMILES string of the molecule is NCc1cccc(Cl)c1-c1cc(F)ccc1Cc1nccs1. The van der Waals surface area contributed by atoms with Gasteiger partial charge in [0.15, 0.2) is 0 Å². The van der Waals surface area contributed by atoms with E-state index >= 15 is 0 Å². The average Bonchev–Trinajstić information content (AvgIpc) is 3.02. The number of aromatic nitrogens is 1. The first-order chi connectivity index (χ1) is 10.7. The maximum Gasteiger partial charge on any atom is 0.123 e. The molecule has 0 saturated carbocycles. The molecule has 22 heavy (non-hydrogen) atoms. The Morgan fingerprint density at radius 1 is 1.18 bits per heavy atom. The van der Waals surface area contributed by atoms with E-state index in [2.05, 4.69) is 4.98 Å². The van der Waals surface area contributed by atoms with Crippen LogP contribution in [0.1, 0.15) is 16.1 Å². The molecule has 0 fully saturated rings. The third kappa shape index (κ3) is 3.04. The molecule has 5 heteroatoms. The number of nitrogens with two attached hydrogens (primary N) is 1. The topological polar surface area (TPSA) is 38.9 Å². The second-order valence-electron chi connectivity index (χ2n) is 4.88. The maximum absolute atomic E-state index is 13.8. The highest BCUT2D eigenvalue weighted by molar-refractivity contribution is 7.09. The van der Waals surface area contributed by atoms with Crippen LogP contribution < -0.4 is 5.73 Å². The van der Waals surface area contributed by atoms with Gasteiger partial charge in [0, 0.05) is 35.1 Å². The van der Waals surface area contributed by atoms with Crippen LogP contribution in [0.3, 0.4) is 0 Å². The highest BCUT2D eigenvalue weighted by Gasteiger charge is 2.14. The molecule has 0 amide bonds. The monoisotopic (exact) mass is 332 g/mol. The van der Waals surface area contributed by atoms with Crippen LogP contribution in [0.5, 0.6) is 0 Å². The van der Waals surface area contributed by atoms with E-state index in [0.29, 0.717) is 18.0 Å². The van der Waals surface area contributed by atoms with Crippen molar-refractivity contribution in [1.82, 2.24) is 4.98 Å². The fourth-order valence-corrected chi connectivity index (χ4v) is 3.41. The van der Waals surface area contributed by atoms with Crippen LogP contribution in [0.15, 0.2) is 48.0 Å². The van der Waals surface area contributed by atoms with E-state index < -0.39 is 0 Å². The first kappa shape index (κ1) is 15.2. The molecule has 0 aliphatic carbocycles. The molecule has 0 saturated heterocycles. The maximum atomic E-state index is 13.8. The quantitative estimate of drug-likeness (QED) is 0.755. The fraction of sp³-hybridized carbons (Fsp3) is 0.118. The molecule has 2 nitrogen and oxygen atoms in total. The van der Waals surface area contributed by atoms with Crippen LogP contribution >= 0.6 is 22.9 Å². The number of halogens is 2. The number of hydrogen-bond donors (Lipinski definition) is 1. The van der Waals surface area contributed by atoms with Crippen molar-refractivity contribution in [2.24, 2.45) is 5.73 Å². The van der Waals surface area contributed by atoms with Gasteiger partial charge in [-0.15, -0.1) is 11.3 Å². The van der Waals surface area contributed by atoms with Crippen LogP contribution in [-0.2, 0) is 13.0 Å². The minimum Gasteiger partial charge on any atom is -0.326 e. The lowest BCUT2D eigenvalue weighted by Crippen LogP contribution is -2.02. The summed E-state index contributed by atoms with van der Waals surface area (Å²) < 4.78 is 13.8. The number of nitrogens with zero attached hydrogens (tertiary/aromatic N) is 1. The standard InChI is InChI=1S/C17H14ClFN2S/c18-15-3-1-2-12(10-20)17(15)14-9-13(19)5-4-11(14)8-16-21-6-7-22-16/h1-7,9H,8,10,20H2. The van der Waals surface area contributed by atoms with Gasteiger partial charge in [0.2, 0.25) is 0 Å². The summed E-state index contributed by atoms with van der Waals surface area (Å²) in [6.45, 7) is 0.350. The largest absolute Gasteiger partial charge is 0.326 e. The van der Waals surface area contributed by atoms with Gasteiger partial charge in [-0.2, -0.15) is 0 Å². The normalized spacial score (nSPS) is 10.9. The van der Waals surface area contributed by atoms with Gasteiger partial charge in [-0.1, -0.05) is 29.8 Å². The van der Waals surface area contributed by atoms with E-state index in [9.17, 15) is 4.39 Å². The highest BCUT2D eigenvalue weighted by Crippen LogP contribution is 2.35. The summed E-state index contributed by atoms with van der Waals surface area (Å²) in [6.07, 6.45) is 2.41. The first-order valence-electron chi connectivity index (χ1n) is 6.83. The van der Waals surface area contributed by atoms with E-state index in [1.54, 1.807) is 29.7 Å². The second kappa shape index (κ2) is 6.57. The van der Waals surface area contributed by atoms with Crippen LogP contribution in [0, 0.1) is 5.82 Å². The molecule has 1 aromatic heterocycles. The molecule has 0 aliphatic heterocycles. The highest BCUT2D eigenvalue weighted by atomic mass is 35.5. The van der Waals surface area contributed by atoms with E-state index in [4.69, 9.17) is 17.3 Å². The minimum atomic E-state index is -0.291. The van der Waals surface area contributed by atoms with Crippen molar-refractivity contribution >= 4 is 22.9 Å². The lowest BCUT2D eigenvalue weighted by molar-refractivity contribution is 0.627. The molecule has 0 bridgehead atoms. The van der Waals surface area contributed by atoms with Gasteiger partial charge in [0.25, 0.3) is 0 Å². The van der Waals surface area contributed by atoms with Crippen LogP contribution in [0.4, 0.5) is 4.39 Å². The summed E-state index contributed by atoms with van der Waals surface area (Å²) in [5.41, 5.74) is 9.29. The Bertz CT molecular complexity index is 787. The van der Waals surface area contributed by atoms with E-state index in [1.165, 1.54) is 12.1 Å². The summed E-state index contributed by atoms with van der Waals surface area (Å²) in [5, 5.41) is 3.49. The van der Waals surface area contributed by atoms with Crippen molar-refractivity contribution in [3.63, 3.8) is 0 Å².